The number of rotatable bonds is 3. The molecule has 0 aliphatic carbocycles. The minimum atomic E-state index is -0.0575. The fraction of sp³-hybridized carbons (Fsp3) is 0.500. The summed E-state index contributed by atoms with van der Waals surface area (Å²) in [6, 6.07) is 0. The maximum Gasteiger partial charge on any atom is 0.191 e. The minimum absolute atomic E-state index is 0.0575. The molecular formula is C6H9N3OS. The highest BCUT2D eigenvalue weighted by atomic mass is 32.2. The van der Waals surface area contributed by atoms with Crippen molar-refractivity contribution >= 4 is 18.0 Å². The zero-order chi connectivity index (χ0) is 8.27. The number of thioether (sulfide) groups is 1. The van der Waals surface area contributed by atoms with Crippen molar-refractivity contribution < 1.29 is 4.79 Å². The highest BCUT2D eigenvalue weighted by molar-refractivity contribution is 8.00. The van der Waals surface area contributed by atoms with Crippen LogP contribution in [0, 0.1) is 0 Å². The Kier molecular flexibility index (Phi) is 2.64. The van der Waals surface area contributed by atoms with Gasteiger partial charge in [0, 0.05) is 7.05 Å². The molecule has 0 aromatic carbocycles. The molecule has 5 heteroatoms. The van der Waals surface area contributed by atoms with Gasteiger partial charge in [-0.05, 0) is 6.92 Å². The van der Waals surface area contributed by atoms with Crippen LogP contribution in [-0.2, 0) is 11.8 Å². The van der Waals surface area contributed by atoms with Crippen molar-refractivity contribution in [3.05, 3.63) is 6.33 Å². The first-order valence-electron chi connectivity index (χ1n) is 3.20. The lowest BCUT2D eigenvalue weighted by Crippen LogP contribution is -1.99. The Labute approximate surface area is 69.0 Å². The fourth-order valence-electron chi connectivity index (χ4n) is 0.573. The molecule has 0 radical (unpaired) electrons. The van der Waals surface area contributed by atoms with Crippen LogP contribution in [0.5, 0.6) is 0 Å². The monoisotopic (exact) mass is 171 g/mol. The molecule has 1 rings (SSSR count). The van der Waals surface area contributed by atoms with Crippen LogP contribution in [0.15, 0.2) is 11.5 Å². The number of aldehydes is 1. The van der Waals surface area contributed by atoms with E-state index in [4.69, 9.17) is 0 Å². The molecule has 0 aliphatic heterocycles. The molecule has 0 amide bonds. The van der Waals surface area contributed by atoms with E-state index in [2.05, 4.69) is 10.2 Å². The molecule has 0 fully saturated rings. The molecule has 0 aliphatic rings. The molecule has 1 aromatic heterocycles. The summed E-state index contributed by atoms with van der Waals surface area (Å²) < 4.78 is 1.78. The molecule has 1 atom stereocenters. The lowest BCUT2D eigenvalue weighted by Gasteiger charge is -2.00. The first-order chi connectivity index (χ1) is 5.24. The van der Waals surface area contributed by atoms with Crippen molar-refractivity contribution in [2.75, 3.05) is 0 Å². The SMILES string of the molecule is CC(C=O)Sc1nncn1C. The molecule has 60 valence electrons. The maximum absolute atomic E-state index is 10.3. The van der Waals surface area contributed by atoms with E-state index in [1.165, 1.54) is 11.8 Å². The van der Waals surface area contributed by atoms with Crippen LogP contribution in [-0.4, -0.2) is 26.3 Å². The van der Waals surface area contributed by atoms with Gasteiger partial charge < -0.3 is 9.36 Å². The van der Waals surface area contributed by atoms with Crippen molar-refractivity contribution in [1.82, 2.24) is 14.8 Å². The van der Waals surface area contributed by atoms with Gasteiger partial charge in [0.25, 0.3) is 0 Å². The van der Waals surface area contributed by atoms with Gasteiger partial charge in [-0.1, -0.05) is 11.8 Å². The third kappa shape index (κ3) is 2.04. The van der Waals surface area contributed by atoms with Gasteiger partial charge in [-0.15, -0.1) is 10.2 Å². The van der Waals surface area contributed by atoms with Crippen LogP contribution in [0.1, 0.15) is 6.92 Å². The number of hydrogen-bond donors (Lipinski definition) is 0. The van der Waals surface area contributed by atoms with E-state index >= 15 is 0 Å². The lowest BCUT2D eigenvalue weighted by atomic mass is 10.5. The molecule has 1 heterocycles. The van der Waals surface area contributed by atoms with Gasteiger partial charge in [0.15, 0.2) is 5.16 Å². The summed E-state index contributed by atoms with van der Waals surface area (Å²) in [5.41, 5.74) is 0. The molecule has 0 bridgehead atoms. The Bertz CT molecular complexity index is 248. The van der Waals surface area contributed by atoms with Crippen molar-refractivity contribution in [1.29, 1.82) is 0 Å². The fourth-order valence-corrected chi connectivity index (χ4v) is 1.27. The molecule has 0 saturated heterocycles. The Balaban J connectivity index is 2.63. The van der Waals surface area contributed by atoms with Crippen LogP contribution in [0.3, 0.4) is 0 Å². The van der Waals surface area contributed by atoms with E-state index < -0.39 is 0 Å². The highest BCUT2D eigenvalue weighted by Gasteiger charge is 2.06. The Morgan fingerprint density at radius 1 is 1.82 bits per heavy atom. The summed E-state index contributed by atoms with van der Waals surface area (Å²) in [6.45, 7) is 1.83. The zero-order valence-corrected chi connectivity index (χ0v) is 7.21. The number of nitrogens with zero attached hydrogens (tertiary/aromatic N) is 3. The summed E-state index contributed by atoms with van der Waals surface area (Å²) >= 11 is 1.40. The minimum Gasteiger partial charge on any atom is -0.312 e. The van der Waals surface area contributed by atoms with Crippen molar-refractivity contribution in [3.63, 3.8) is 0 Å². The summed E-state index contributed by atoms with van der Waals surface area (Å²) in [7, 11) is 1.85. The second-order valence-corrected chi connectivity index (χ2v) is 3.53. The van der Waals surface area contributed by atoms with Gasteiger partial charge >= 0.3 is 0 Å². The smallest absolute Gasteiger partial charge is 0.191 e. The standard InChI is InChI=1S/C6H9N3OS/c1-5(3-10)11-6-8-7-4-9(6)2/h3-5H,1-2H3. The first kappa shape index (κ1) is 8.26. The van der Waals surface area contributed by atoms with E-state index in [0.717, 1.165) is 11.4 Å². The van der Waals surface area contributed by atoms with Crippen LogP contribution < -0.4 is 0 Å². The number of aryl methyl sites for hydroxylation is 1. The molecule has 0 saturated carbocycles. The average molecular weight is 171 g/mol. The van der Waals surface area contributed by atoms with E-state index in [1.54, 1.807) is 10.9 Å². The molecule has 0 N–H and O–H groups in total. The molecule has 1 aromatic rings. The predicted octanol–water partition coefficient (Wildman–Crippen LogP) is 0.495. The van der Waals surface area contributed by atoms with Gasteiger partial charge in [0.1, 0.15) is 12.6 Å². The third-order valence-electron chi connectivity index (χ3n) is 1.15. The number of carbonyl (C=O) groups is 1. The quantitative estimate of drug-likeness (QED) is 0.490. The zero-order valence-electron chi connectivity index (χ0n) is 6.39. The molecule has 0 spiro atoms. The molecular weight excluding hydrogens is 162 g/mol. The summed E-state index contributed by atoms with van der Waals surface area (Å²) in [6.07, 6.45) is 2.50. The predicted molar refractivity (Wildman–Crippen MR) is 42.4 cm³/mol. The van der Waals surface area contributed by atoms with Crippen LogP contribution >= 0.6 is 11.8 Å². The Morgan fingerprint density at radius 3 is 3.00 bits per heavy atom. The molecule has 4 nitrogen and oxygen atoms in total. The third-order valence-corrected chi connectivity index (χ3v) is 2.22. The molecule has 11 heavy (non-hydrogen) atoms. The van der Waals surface area contributed by atoms with Gasteiger partial charge in [0.2, 0.25) is 0 Å². The van der Waals surface area contributed by atoms with Gasteiger partial charge in [-0.3, -0.25) is 0 Å². The Morgan fingerprint density at radius 2 is 2.55 bits per heavy atom. The number of aromatic nitrogens is 3. The van der Waals surface area contributed by atoms with E-state index in [-0.39, 0.29) is 5.25 Å². The van der Waals surface area contributed by atoms with Crippen LogP contribution in [0.25, 0.3) is 0 Å². The normalized spacial score (nSPS) is 12.9. The molecule has 1 unspecified atom stereocenters. The largest absolute Gasteiger partial charge is 0.312 e. The van der Waals surface area contributed by atoms with Gasteiger partial charge in [-0.2, -0.15) is 0 Å². The second kappa shape index (κ2) is 3.52. The van der Waals surface area contributed by atoms with Crippen molar-refractivity contribution in [2.45, 2.75) is 17.3 Å². The van der Waals surface area contributed by atoms with E-state index in [1.807, 2.05) is 14.0 Å². The van der Waals surface area contributed by atoms with Gasteiger partial charge in [0.05, 0.1) is 5.25 Å². The topological polar surface area (TPSA) is 47.8 Å². The summed E-state index contributed by atoms with van der Waals surface area (Å²) in [5.74, 6) is 0. The summed E-state index contributed by atoms with van der Waals surface area (Å²) in [5, 5.41) is 8.22. The van der Waals surface area contributed by atoms with Crippen LogP contribution in [0.2, 0.25) is 0 Å². The number of carbonyl (C=O) groups excluding carboxylic acids is 1. The van der Waals surface area contributed by atoms with Crippen molar-refractivity contribution in [3.8, 4) is 0 Å². The van der Waals surface area contributed by atoms with Crippen molar-refractivity contribution in [2.24, 2.45) is 7.05 Å². The van der Waals surface area contributed by atoms with E-state index in [0.29, 0.717) is 0 Å². The average Bonchev–Trinajstić information content (AvgIpc) is 2.37. The highest BCUT2D eigenvalue weighted by Crippen LogP contribution is 2.17. The second-order valence-electron chi connectivity index (χ2n) is 2.18. The van der Waals surface area contributed by atoms with Crippen LogP contribution in [0.4, 0.5) is 0 Å². The Hall–Kier alpha value is -0.840. The summed E-state index contributed by atoms with van der Waals surface area (Å²) in [4.78, 5) is 10.3. The first-order valence-corrected chi connectivity index (χ1v) is 4.08. The lowest BCUT2D eigenvalue weighted by molar-refractivity contribution is -0.107. The van der Waals surface area contributed by atoms with E-state index in [9.17, 15) is 4.79 Å². The maximum atomic E-state index is 10.3. The number of hydrogen-bond acceptors (Lipinski definition) is 4. The van der Waals surface area contributed by atoms with Gasteiger partial charge in [-0.25, -0.2) is 0 Å².